The van der Waals surface area contributed by atoms with Crippen LogP contribution < -0.4 is 0 Å². The predicted molar refractivity (Wildman–Crippen MR) is 83.4 cm³/mol. The van der Waals surface area contributed by atoms with Gasteiger partial charge < -0.3 is 4.74 Å². The van der Waals surface area contributed by atoms with Crippen molar-refractivity contribution >= 4 is 22.6 Å². The fourth-order valence-electron chi connectivity index (χ4n) is 1.68. The van der Waals surface area contributed by atoms with Crippen LogP contribution in [0.1, 0.15) is 12.5 Å². The lowest BCUT2D eigenvalue weighted by Gasteiger charge is -2.07. The van der Waals surface area contributed by atoms with Gasteiger partial charge in [-0.05, 0) is 24.6 Å². The van der Waals surface area contributed by atoms with Gasteiger partial charge in [-0.25, -0.2) is 4.79 Å². The maximum Gasteiger partial charge on any atom is 0.331 e. The summed E-state index contributed by atoms with van der Waals surface area (Å²) in [6.07, 6.45) is 1.55. The summed E-state index contributed by atoms with van der Waals surface area (Å²) in [6, 6.07) is 19.8. The number of rotatable bonds is 5. The van der Waals surface area contributed by atoms with Crippen molar-refractivity contribution < 1.29 is 9.53 Å². The fourth-order valence-corrected chi connectivity index (χ4v) is 2.64. The summed E-state index contributed by atoms with van der Waals surface area (Å²) in [5, 5.41) is 0. The number of ether oxygens (including phenoxy) is 1. The Morgan fingerprint density at radius 3 is 2.25 bits per heavy atom. The Labute approximate surface area is 123 Å². The van der Waals surface area contributed by atoms with Gasteiger partial charge in [-0.3, -0.25) is 0 Å². The van der Waals surface area contributed by atoms with Crippen molar-refractivity contribution in [3.63, 3.8) is 0 Å². The van der Waals surface area contributed by atoms with Gasteiger partial charge >= 0.3 is 5.97 Å². The van der Waals surface area contributed by atoms with Crippen molar-refractivity contribution in [2.75, 3.05) is 6.61 Å². The summed E-state index contributed by atoms with van der Waals surface area (Å²) in [6.45, 7) is 2.19. The first-order valence-electron chi connectivity index (χ1n) is 6.46. The molecule has 2 aromatic carbocycles. The number of hydrogen-bond donors (Lipinski definition) is 0. The van der Waals surface area contributed by atoms with E-state index in [1.54, 1.807) is 24.8 Å². The first kappa shape index (κ1) is 14.4. The second kappa shape index (κ2) is 7.56. The Morgan fingerprint density at radius 2 is 1.65 bits per heavy atom. The Bertz CT molecular complexity index is 576. The molecule has 0 radical (unpaired) electrons. The number of hydrogen-bond acceptors (Lipinski definition) is 3. The minimum atomic E-state index is -0.310. The van der Waals surface area contributed by atoms with Crippen molar-refractivity contribution in [2.45, 2.75) is 11.8 Å². The summed E-state index contributed by atoms with van der Waals surface area (Å²) in [4.78, 5) is 13.7. The van der Waals surface area contributed by atoms with E-state index in [0.717, 1.165) is 15.4 Å². The molecule has 0 bridgehead atoms. The third-order valence-electron chi connectivity index (χ3n) is 2.56. The highest BCUT2D eigenvalue weighted by Gasteiger charge is 2.07. The summed E-state index contributed by atoms with van der Waals surface area (Å²) >= 11 is 1.56. The van der Waals surface area contributed by atoms with Crippen molar-refractivity contribution in [1.29, 1.82) is 0 Å². The molecule has 20 heavy (non-hydrogen) atoms. The van der Waals surface area contributed by atoms with E-state index in [0.29, 0.717) is 6.61 Å². The normalized spacial score (nSPS) is 11.2. The molecule has 0 unspecified atom stereocenters. The molecule has 0 saturated carbocycles. The van der Waals surface area contributed by atoms with Crippen LogP contribution in [0.15, 0.2) is 71.6 Å². The topological polar surface area (TPSA) is 26.3 Å². The molecule has 102 valence electrons. The maximum absolute atomic E-state index is 11.7. The van der Waals surface area contributed by atoms with Crippen LogP contribution in [0.5, 0.6) is 0 Å². The van der Waals surface area contributed by atoms with Crippen molar-refractivity contribution in [3.8, 4) is 0 Å². The Balaban J connectivity index is 2.27. The van der Waals surface area contributed by atoms with Crippen LogP contribution in [0.25, 0.3) is 4.91 Å². The second-order valence-electron chi connectivity index (χ2n) is 4.04. The molecule has 0 heterocycles. The zero-order valence-electron chi connectivity index (χ0n) is 11.3. The van der Waals surface area contributed by atoms with E-state index < -0.39 is 0 Å². The van der Waals surface area contributed by atoms with Gasteiger partial charge in [0.15, 0.2) is 0 Å². The molecule has 2 rings (SSSR count). The summed E-state index contributed by atoms with van der Waals surface area (Å²) < 4.78 is 5.00. The first-order valence-corrected chi connectivity index (χ1v) is 7.28. The highest BCUT2D eigenvalue weighted by molar-refractivity contribution is 8.08. The lowest BCUT2D eigenvalue weighted by Crippen LogP contribution is -2.00. The van der Waals surface area contributed by atoms with Gasteiger partial charge in [0.25, 0.3) is 0 Å². The first-order chi connectivity index (χ1) is 9.79. The van der Waals surface area contributed by atoms with E-state index in [9.17, 15) is 4.79 Å². The highest BCUT2D eigenvalue weighted by Crippen LogP contribution is 2.33. The zero-order chi connectivity index (χ0) is 14.2. The minimum Gasteiger partial charge on any atom is -0.463 e. The number of esters is 1. The molecular formula is C17H16O2S. The summed E-state index contributed by atoms with van der Waals surface area (Å²) in [5.74, 6) is -0.310. The molecule has 0 spiro atoms. The molecule has 0 aliphatic carbocycles. The van der Waals surface area contributed by atoms with Crippen molar-refractivity contribution in [2.24, 2.45) is 0 Å². The van der Waals surface area contributed by atoms with Gasteiger partial charge in [-0.1, -0.05) is 60.3 Å². The molecule has 0 N–H and O–H groups in total. The van der Waals surface area contributed by atoms with E-state index in [1.165, 1.54) is 0 Å². The highest BCUT2D eigenvalue weighted by atomic mass is 32.2. The van der Waals surface area contributed by atoms with E-state index in [2.05, 4.69) is 0 Å². The number of carbonyl (C=O) groups is 1. The Hall–Kier alpha value is -2.00. The molecule has 0 amide bonds. The van der Waals surface area contributed by atoms with Crippen molar-refractivity contribution in [3.05, 3.63) is 72.3 Å². The predicted octanol–water partition coefficient (Wildman–Crippen LogP) is 4.38. The van der Waals surface area contributed by atoms with Gasteiger partial charge in [-0.2, -0.15) is 0 Å². The molecular weight excluding hydrogens is 268 g/mol. The average Bonchev–Trinajstić information content (AvgIpc) is 2.49. The van der Waals surface area contributed by atoms with Crippen LogP contribution >= 0.6 is 11.8 Å². The molecule has 3 heteroatoms. The number of carbonyl (C=O) groups excluding carboxylic acids is 1. The zero-order valence-corrected chi connectivity index (χ0v) is 12.1. The molecule has 0 aromatic heterocycles. The Morgan fingerprint density at radius 1 is 1.05 bits per heavy atom. The molecule has 0 fully saturated rings. The summed E-state index contributed by atoms with van der Waals surface area (Å²) in [5.41, 5.74) is 1.01. The Kier molecular flexibility index (Phi) is 5.44. The van der Waals surface area contributed by atoms with Gasteiger partial charge in [0, 0.05) is 15.9 Å². The van der Waals surface area contributed by atoms with Crippen LogP contribution in [-0.2, 0) is 9.53 Å². The van der Waals surface area contributed by atoms with Crippen LogP contribution in [0, 0.1) is 0 Å². The van der Waals surface area contributed by atoms with Crippen molar-refractivity contribution in [1.82, 2.24) is 0 Å². The molecule has 0 aliphatic heterocycles. The van der Waals surface area contributed by atoms with E-state index >= 15 is 0 Å². The van der Waals surface area contributed by atoms with Gasteiger partial charge in [0.1, 0.15) is 0 Å². The molecule has 2 aromatic rings. The standard InChI is InChI=1S/C17H16O2S/c1-2-19-17(18)13-16(14-9-5-3-6-10-14)20-15-11-7-4-8-12-15/h3-13H,2H2,1H3/b16-13-. The lowest BCUT2D eigenvalue weighted by molar-refractivity contribution is -0.137. The number of benzene rings is 2. The summed E-state index contributed by atoms with van der Waals surface area (Å²) in [7, 11) is 0. The van der Waals surface area contributed by atoms with E-state index in [1.807, 2.05) is 60.7 Å². The van der Waals surface area contributed by atoms with Gasteiger partial charge in [0.05, 0.1) is 6.61 Å². The molecule has 2 nitrogen and oxygen atoms in total. The lowest BCUT2D eigenvalue weighted by atomic mass is 10.2. The monoisotopic (exact) mass is 284 g/mol. The van der Waals surface area contributed by atoms with Gasteiger partial charge in [-0.15, -0.1) is 0 Å². The minimum absolute atomic E-state index is 0.310. The third kappa shape index (κ3) is 4.28. The van der Waals surface area contributed by atoms with Crippen LogP contribution in [0.2, 0.25) is 0 Å². The SMILES string of the molecule is CCOC(=O)/C=C(\Sc1ccccc1)c1ccccc1. The van der Waals surface area contributed by atoms with E-state index in [-0.39, 0.29) is 5.97 Å². The van der Waals surface area contributed by atoms with Crippen LogP contribution in [0.3, 0.4) is 0 Å². The average molecular weight is 284 g/mol. The third-order valence-corrected chi connectivity index (χ3v) is 3.65. The molecule has 0 aliphatic rings. The largest absolute Gasteiger partial charge is 0.463 e. The second-order valence-corrected chi connectivity index (χ2v) is 5.16. The van der Waals surface area contributed by atoms with E-state index in [4.69, 9.17) is 4.74 Å². The quantitative estimate of drug-likeness (QED) is 0.463. The van der Waals surface area contributed by atoms with Crippen LogP contribution in [0.4, 0.5) is 0 Å². The fraction of sp³-hybridized carbons (Fsp3) is 0.118. The van der Waals surface area contributed by atoms with Crippen LogP contribution in [-0.4, -0.2) is 12.6 Å². The van der Waals surface area contributed by atoms with Gasteiger partial charge in [0.2, 0.25) is 0 Å². The molecule has 0 atom stereocenters. The smallest absolute Gasteiger partial charge is 0.331 e. The maximum atomic E-state index is 11.7. The number of thioether (sulfide) groups is 1. The molecule has 0 saturated heterocycles.